The van der Waals surface area contributed by atoms with Crippen LogP contribution in [0.15, 0.2) is 0 Å². The van der Waals surface area contributed by atoms with Gasteiger partial charge in [-0.1, -0.05) is 19.3 Å². The van der Waals surface area contributed by atoms with E-state index in [2.05, 4.69) is 6.07 Å². The zero-order valence-corrected chi connectivity index (χ0v) is 6.82. The molecule has 0 heterocycles. The summed E-state index contributed by atoms with van der Waals surface area (Å²) in [5, 5.41) is 8.81. The number of rotatable bonds is 1. The average molecular weight is 158 g/mol. The molecule has 0 spiro atoms. The van der Waals surface area contributed by atoms with Gasteiger partial charge in [0, 0.05) is 5.88 Å². The number of alkyl halides is 1. The molecule has 0 aromatic carbocycles. The molecule has 0 aliphatic heterocycles. The van der Waals surface area contributed by atoms with Crippen LogP contribution in [-0.4, -0.2) is 5.88 Å². The number of hydrogen-bond donors (Lipinski definition) is 0. The average Bonchev–Trinajstić information content (AvgIpc) is 2.06. The molecule has 1 saturated carbocycles. The maximum Gasteiger partial charge on any atom is 0.0709 e. The third kappa shape index (κ3) is 1.44. The molecule has 1 fully saturated rings. The van der Waals surface area contributed by atoms with Crippen molar-refractivity contribution in [3.8, 4) is 6.07 Å². The third-order valence-electron chi connectivity index (χ3n) is 2.30. The van der Waals surface area contributed by atoms with Crippen molar-refractivity contribution in [2.75, 3.05) is 5.88 Å². The van der Waals surface area contributed by atoms with E-state index in [1.165, 1.54) is 19.3 Å². The maximum atomic E-state index is 8.81. The lowest BCUT2D eigenvalue weighted by Gasteiger charge is -2.27. The summed E-state index contributed by atoms with van der Waals surface area (Å²) >= 11 is 5.71. The fraction of sp³-hybridized carbons (Fsp3) is 0.875. The standard InChI is InChI=1S/C8H12ClN/c9-6-8(7-10)4-2-1-3-5-8/h1-6H2. The molecule has 1 aliphatic rings. The SMILES string of the molecule is N#CC1(CCl)CCCCC1. The van der Waals surface area contributed by atoms with Crippen molar-refractivity contribution in [2.24, 2.45) is 5.41 Å². The van der Waals surface area contributed by atoms with Crippen LogP contribution in [0.3, 0.4) is 0 Å². The first-order valence-electron chi connectivity index (χ1n) is 3.80. The molecule has 2 heteroatoms. The summed E-state index contributed by atoms with van der Waals surface area (Å²) in [6, 6.07) is 2.34. The molecule has 1 aliphatic carbocycles. The van der Waals surface area contributed by atoms with E-state index in [1.54, 1.807) is 0 Å². The number of nitriles is 1. The fourth-order valence-electron chi connectivity index (χ4n) is 1.50. The molecular formula is C8H12ClN. The van der Waals surface area contributed by atoms with Crippen molar-refractivity contribution in [3.05, 3.63) is 0 Å². The van der Waals surface area contributed by atoms with Gasteiger partial charge in [0.1, 0.15) is 0 Å². The quantitative estimate of drug-likeness (QED) is 0.537. The van der Waals surface area contributed by atoms with Gasteiger partial charge in [-0.15, -0.1) is 11.6 Å². The van der Waals surface area contributed by atoms with Gasteiger partial charge in [-0.25, -0.2) is 0 Å². The highest BCUT2D eigenvalue weighted by Gasteiger charge is 2.30. The Morgan fingerprint density at radius 3 is 2.20 bits per heavy atom. The van der Waals surface area contributed by atoms with E-state index in [1.807, 2.05) is 0 Å². The van der Waals surface area contributed by atoms with Crippen LogP contribution in [0.25, 0.3) is 0 Å². The van der Waals surface area contributed by atoms with Crippen LogP contribution < -0.4 is 0 Å². The van der Waals surface area contributed by atoms with Gasteiger partial charge in [0.2, 0.25) is 0 Å². The molecule has 1 nitrogen and oxygen atoms in total. The van der Waals surface area contributed by atoms with Crippen LogP contribution in [0.4, 0.5) is 0 Å². The van der Waals surface area contributed by atoms with Crippen molar-refractivity contribution in [2.45, 2.75) is 32.1 Å². The summed E-state index contributed by atoms with van der Waals surface area (Å²) in [5.41, 5.74) is -0.167. The molecule has 0 unspecified atom stereocenters. The second kappa shape index (κ2) is 3.25. The van der Waals surface area contributed by atoms with Gasteiger partial charge in [0.05, 0.1) is 11.5 Å². The van der Waals surface area contributed by atoms with E-state index >= 15 is 0 Å². The molecule has 10 heavy (non-hydrogen) atoms. The first kappa shape index (κ1) is 7.88. The normalized spacial score (nSPS) is 23.6. The smallest absolute Gasteiger partial charge is 0.0709 e. The van der Waals surface area contributed by atoms with Crippen molar-refractivity contribution in [3.63, 3.8) is 0 Å². The second-order valence-electron chi connectivity index (χ2n) is 3.09. The minimum atomic E-state index is -0.167. The zero-order chi connectivity index (χ0) is 7.45. The summed E-state index contributed by atoms with van der Waals surface area (Å²) in [7, 11) is 0. The Morgan fingerprint density at radius 1 is 1.30 bits per heavy atom. The lowest BCUT2D eigenvalue weighted by atomic mass is 9.77. The molecule has 0 aromatic rings. The summed E-state index contributed by atoms with van der Waals surface area (Å²) in [6.07, 6.45) is 5.65. The topological polar surface area (TPSA) is 23.8 Å². The van der Waals surface area contributed by atoms with Crippen LogP contribution >= 0.6 is 11.6 Å². The van der Waals surface area contributed by atoms with E-state index in [0.717, 1.165) is 12.8 Å². The van der Waals surface area contributed by atoms with Gasteiger partial charge in [-0.05, 0) is 12.8 Å². The molecule has 56 valence electrons. The van der Waals surface area contributed by atoms with Gasteiger partial charge >= 0.3 is 0 Å². The Kier molecular flexibility index (Phi) is 2.56. The van der Waals surface area contributed by atoms with Gasteiger partial charge in [-0.2, -0.15) is 5.26 Å². The van der Waals surface area contributed by atoms with Gasteiger partial charge < -0.3 is 0 Å². The molecule has 0 saturated heterocycles. The predicted octanol–water partition coefficient (Wildman–Crippen LogP) is 2.70. The molecule has 0 bridgehead atoms. The van der Waals surface area contributed by atoms with E-state index in [9.17, 15) is 0 Å². The Balaban J connectivity index is 2.55. The molecule has 0 atom stereocenters. The Hall–Kier alpha value is -0.220. The summed E-state index contributed by atoms with van der Waals surface area (Å²) in [5.74, 6) is 0.517. The van der Waals surface area contributed by atoms with Crippen LogP contribution in [0.1, 0.15) is 32.1 Å². The highest BCUT2D eigenvalue weighted by Crippen LogP contribution is 2.36. The van der Waals surface area contributed by atoms with Crippen LogP contribution in [0.2, 0.25) is 0 Å². The first-order chi connectivity index (χ1) is 4.83. The van der Waals surface area contributed by atoms with Crippen molar-refractivity contribution in [1.82, 2.24) is 0 Å². The minimum Gasteiger partial charge on any atom is -0.198 e. The predicted molar refractivity (Wildman–Crippen MR) is 41.9 cm³/mol. The number of nitrogens with zero attached hydrogens (tertiary/aromatic N) is 1. The Labute approximate surface area is 67.0 Å². The van der Waals surface area contributed by atoms with Crippen LogP contribution in [0, 0.1) is 16.7 Å². The maximum absolute atomic E-state index is 8.81. The molecule has 0 radical (unpaired) electrons. The fourth-order valence-corrected chi connectivity index (χ4v) is 1.83. The second-order valence-corrected chi connectivity index (χ2v) is 3.35. The molecule has 1 rings (SSSR count). The Morgan fingerprint density at radius 2 is 1.90 bits per heavy atom. The van der Waals surface area contributed by atoms with Gasteiger partial charge in [0.25, 0.3) is 0 Å². The molecular weight excluding hydrogens is 146 g/mol. The van der Waals surface area contributed by atoms with Crippen LogP contribution in [0.5, 0.6) is 0 Å². The summed E-state index contributed by atoms with van der Waals surface area (Å²) in [4.78, 5) is 0. The lowest BCUT2D eigenvalue weighted by Crippen LogP contribution is -2.23. The largest absolute Gasteiger partial charge is 0.198 e. The first-order valence-corrected chi connectivity index (χ1v) is 4.34. The van der Waals surface area contributed by atoms with Crippen LogP contribution in [-0.2, 0) is 0 Å². The van der Waals surface area contributed by atoms with Crippen molar-refractivity contribution in [1.29, 1.82) is 5.26 Å². The summed E-state index contributed by atoms with van der Waals surface area (Å²) in [6.45, 7) is 0. The molecule has 0 amide bonds. The molecule has 0 N–H and O–H groups in total. The van der Waals surface area contributed by atoms with Gasteiger partial charge in [-0.3, -0.25) is 0 Å². The lowest BCUT2D eigenvalue weighted by molar-refractivity contribution is 0.300. The summed E-state index contributed by atoms with van der Waals surface area (Å²) < 4.78 is 0. The van der Waals surface area contributed by atoms with E-state index < -0.39 is 0 Å². The zero-order valence-electron chi connectivity index (χ0n) is 6.07. The Bertz CT molecular complexity index is 142. The number of halogens is 1. The third-order valence-corrected chi connectivity index (χ3v) is 2.82. The minimum absolute atomic E-state index is 0.167. The van der Waals surface area contributed by atoms with E-state index in [4.69, 9.17) is 16.9 Å². The van der Waals surface area contributed by atoms with E-state index in [0.29, 0.717) is 5.88 Å². The van der Waals surface area contributed by atoms with Crippen molar-refractivity contribution >= 4 is 11.6 Å². The monoisotopic (exact) mass is 157 g/mol. The molecule has 0 aromatic heterocycles. The highest BCUT2D eigenvalue weighted by atomic mass is 35.5. The van der Waals surface area contributed by atoms with Gasteiger partial charge in [0.15, 0.2) is 0 Å². The van der Waals surface area contributed by atoms with E-state index in [-0.39, 0.29) is 5.41 Å². The highest BCUT2D eigenvalue weighted by molar-refractivity contribution is 6.18. The van der Waals surface area contributed by atoms with Crippen molar-refractivity contribution < 1.29 is 0 Å². The number of hydrogen-bond acceptors (Lipinski definition) is 1.